The first-order valence-corrected chi connectivity index (χ1v) is 9.44. The first-order valence-electron chi connectivity index (χ1n) is 9.44. The van der Waals surface area contributed by atoms with Crippen molar-refractivity contribution in [2.45, 2.75) is 19.4 Å². The molecule has 3 rings (SSSR count). The van der Waals surface area contributed by atoms with Crippen LogP contribution in [-0.4, -0.2) is 53.9 Å². The first-order chi connectivity index (χ1) is 13.4. The van der Waals surface area contributed by atoms with Crippen molar-refractivity contribution in [2.24, 2.45) is 0 Å². The van der Waals surface area contributed by atoms with Crippen molar-refractivity contribution in [1.82, 2.24) is 9.88 Å². The number of hydrogen-bond acceptors (Lipinski definition) is 4. The van der Waals surface area contributed by atoms with Gasteiger partial charge in [-0.3, -0.25) is 14.6 Å². The van der Waals surface area contributed by atoms with Crippen molar-refractivity contribution in [3.8, 4) is 0 Å². The second kappa shape index (κ2) is 8.35. The summed E-state index contributed by atoms with van der Waals surface area (Å²) in [6, 6.07) is 10.2. The van der Waals surface area contributed by atoms with Crippen LogP contribution in [0.3, 0.4) is 0 Å². The smallest absolute Gasteiger partial charge is 0.295 e. The average Bonchev–Trinajstić information content (AvgIpc) is 2.93. The van der Waals surface area contributed by atoms with Crippen LogP contribution in [0.2, 0.25) is 0 Å². The van der Waals surface area contributed by atoms with E-state index in [1.165, 1.54) is 4.90 Å². The highest BCUT2D eigenvalue weighted by Gasteiger charge is 2.45. The number of nitrogens with one attached hydrogen (secondary N) is 1. The number of benzene rings is 1. The number of rotatable bonds is 6. The fourth-order valence-corrected chi connectivity index (χ4v) is 3.46. The van der Waals surface area contributed by atoms with E-state index in [1.807, 2.05) is 39.2 Å². The van der Waals surface area contributed by atoms with E-state index in [1.54, 1.807) is 35.5 Å². The highest BCUT2D eigenvalue weighted by atomic mass is 16.3. The number of Topliss-reactive ketones (excluding diaryl/α,β-unsaturated/α-hetero) is 1. The van der Waals surface area contributed by atoms with E-state index >= 15 is 0 Å². The molecule has 2 heterocycles. The standard InChI is InChI=1S/C22H25N3O3/c1-15-7-9-16(10-8-15)20(26)18-19(17-6-4-11-23-14-17)25(22(28)21(18)27)13-5-12-24(2)3/h4,6-11,14,19,26H,5,12-13H2,1-3H3/p+1/t19-/m1/s1. The number of pyridine rings is 1. The van der Waals surface area contributed by atoms with E-state index in [9.17, 15) is 14.7 Å². The van der Waals surface area contributed by atoms with Gasteiger partial charge in [0.2, 0.25) is 0 Å². The number of amides is 1. The number of aliphatic hydroxyl groups is 1. The summed E-state index contributed by atoms with van der Waals surface area (Å²) in [5.74, 6) is -1.37. The average molecular weight is 380 g/mol. The number of likely N-dealkylation sites (tertiary alicyclic amines) is 1. The summed E-state index contributed by atoms with van der Waals surface area (Å²) in [5.41, 5.74) is 2.41. The highest BCUT2D eigenvalue weighted by Crippen LogP contribution is 2.39. The fourth-order valence-electron chi connectivity index (χ4n) is 3.46. The lowest BCUT2D eigenvalue weighted by atomic mass is 9.96. The van der Waals surface area contributed by atoms with Gasteiger partial charge in [-0.15, -0.1) is 0 Å². The number of nitrogens with zero attached hydrogens (tertiary/aromatic N) is 2. The maximum absolute atomic E-state index is 12.8. The van der Waals surface area contributed by atoms with Crippen molar-refractivity contribution < 1.29 is 19.6 Å². The molecule has 1 aliphatic heterocycles. The molecular weight excluding hydrogens is 354 g/mol. The number of quaternary nitrogens is 1. The van der Waals surface area contributed by atoms with Crippen molar-refractivity contribution in [2.75, 3.05) is 27.2 Å². The Morgan fingerprint density at radius 1 is 1.18 bits per heavy atom. The van der Waals surface area contributed by atoms with Crippen molar-refractivity contribution in [3.63, 3.8) is 0 Å². The van der Waals surface area contributed by atoms with E-state index in [4.69, 9.17) is 0 Å². The first kappa shape index (κ1) is 19.8. The molecule has 0 saturated carbocycles. The van der Waals surface area contributed by atoms with Gasteiger partial charge in [-0.1, -0.05) is 35.9 Å². The number of aliphatic hydroxyl groups excluding tert-OH is 1. The van der Waals surface area contributed by atoms with E-state index in [0.717, 1.165) is 18.5 Å². The molecule has 1 atom stereocenters. The molecule has 2 N–H and O–H groups in total. The normalized spacial score (nSPS) is 18.9. The zero-order valence-corrected chi connectivity index (χ0v) is 16.5. The number of carbonyl (C=O) groups is 2. The van der Waals surface area contributed by atoms with Gasteiger partial charge in [0.1, 0.15) is 5.76 Å². The summed E-state index contributed by atoms with van der Waals surface area (Å²) in [4.78, 5) is 32.6. The Morgan fingerprint density at radius 3 is 2.50 bits per heavy atom. The van der Waals surface area contributed by atoms with Gasteiger partial charge in [0.25, 0.3) is 11.7 Å². The predicted molar refractivity (Wildman–Crippen MR) is 107 cm³/mol. The van der Waals surface area contributed by atoms with Crippen LogP contribution in [0.4, 0.5) is 0 Å². The van der Waals surface area contributed by atoms with Crippen LogP contribution in [0.25, 0.3) is 5.76 Å². The maximum Gasteiger partial charge on any atom is 0.295 e. The van der Waals surface area contributed by atoms with Crippen molar-refractivity contribution in [3.05, 3.63) is 71.1 Å². The summed E-state index contributed by atoms with van der Waals surface area (Å²) in [6.45, 7) is 3.27. The van der Waals surface area contributed by atoms with Crippen LogP contribution in [0.5, 0.6) is 0 Å². The molecule has 1 fully saturated rings. The Labute approximate surface area is 165 Å². The number of aromatic nitrogens is 1. The second-order valence-corrected chi connectivity index (χ2v) is 7.46. The van der Waals surface area contributed by atoms with E-state index < -0.39 is 17.7 Å². The molecule has 146 valence electrons. The summed E-state index contributed by atoms with van der Waals surface area (Å²) in [5, 5.41) is 10.9. The minimum Gasteiger partial charge on any atom is -0.507 e. The van der Waals surface area contributed by atoms with Gasteiger partial charge in [0, 0.05) is 30.9 Å². The summed E-state index contributed by atoms with van der Waals surface area (Å²) in [6.07, 6.45) is 4.05. The van der Waals surface area contributed by atoms with Gasteiger partial charge >= 0.3 is 0 Å². The molecule has 0 radical (unpaired) electrons. The predicted octanol–water partition coefficient (Wildman–Crippen LogP) is 1.35. The minimum absolute atomic E-state index is 0.124. The Kier molecular flexibility index (Phi) is 5.90. The molecule has 1 saturated heterocycles. The zero-order valence-electron chi connectivity index (χ0n) is 16.5. The molecule has 1 amide bonds. The molecule has 6 heteroatoms. The minimum atomic E-state index is -0.649. The highest BCUT2D eigenvalue weighted by molar-refractivity contribution is 6.46. The SMILES string of the molecule is Cc1ccc(C(O)=C2C(=O)C(=O)N(CCC[NH+](C)C)[C@@H]2c2cccnc2)cc1. The molecule has 2 aromatic rings. The van der Waals surface area contributed by atoms with Crippen LogP contribution >= 0.6 is 0 Å². The largest absolute Gasteiger partial charge is 0.507 e. The van der Waals surface area contributed by atoms with Crippen molar-refractivity contribution in [1.29, 1.82) is 0 Å². The zero-order chi connectivity index (χ0) is 20.3. The molecule has 1 aromatic carbocycles. The monoisotopic (exact) mass is 380 g/mol. The third kappa shape index (κ3) is 3.97. The third-order valence-electron chi connectivity index (χ3n) is 4.94. The molecule has 0 unspecified atom stereocenters. The van der Waals surface area contributed by atoms with Gasteiger partial charge in [0.15, 0.2) is 0 Å². The van der Waals surface area contributed by atoms with Crippen LogP contribution in [0, 0.1) is 6.92 Å². The maximum atomic E-state index is 12.8. The van der Waals surface area contributed by atoms with Crippen LogP contribution < -0.4 is 4.90 Å². The molecule has 0 aliphatic carbocycles. The second-order valence-electron chi connectivity index (χ2n) is 7.46. The molecule has 6 nitrogen and oxygen atoms in total. The Balaban J connectivity index is 2.06. The lowest BCUT2D eigenvalue weighted by molar-refractivity contribution is -0.858. The lowest BCUT2D eigenvalue weighted by Crippen LogP contribution is -3.05. The Morgan fingerprint density at radius 2 is 1.89 bits per heavy atom. The van der Waals surface area contributed by atoms with Crippen LogP contribution in [0.1, 0.15) is 29.2 Å². The van der Waals surface area contributed by atoms with E-state index in [2.05, 4.69) is 4.98 Å². The fraction of sp³-hybridized carbons (Fsp3) is 0.318. The Bertz CT molecular complexity index is 889. The number of ketones is 1. The molecule has 0 spiro atoms. The summed E-state index contributed by atoms with van der Waals surface area (Å²) < 4.78 is 0. The van der Waals surface area contributed by atoms with Gasteiger partial charge in [-0.25, -0.2) is 0 Å². The van der Waals surface area contributed by atoms with Crippen molar-refractivity contribution >= 4 is 17.4 Å². The van der Waals surface area contributed by atoms with Gasteiger partial charge < -0.3 is 14.9 Å². The molecule has 28 heavy (non-hydrogen) atoms. The molecule has 1 aromatic heterocycles. The van der Waals surface area contributed by atoms with Crippen LogP contribution in [0.15, 0.2) is 54.4 Å². The summed E-state index contributed by atoms with van der Waals surface area (Å²) in [7, 11) is 4.09. The van der Waals surface area contributed by atoms with Crippen LogP contribution in [-0.2, 0) is 9.59 Å². The quantitative estimate of drug-likeness (QED) is 0.451. The van der Waals surface area contributed by atoms with Gasteiger partial charge in [0.05, 0.1) is 32.3 Å². The number of hydrogen-bond donors (Lipinski definition) is 2. The molecule has 0 bridgehead atoms. The lowest BCUT2D eigenvalue weighted by Gasteiger charge is -2.25. The number of aryl methyl sites for hydroxylation is 1. The van der Waals surface area contributed by atoms with E-state index in [0.29, 0.717) is 17.7 Å². The van der Waals surface area contributed by atoms with Gasteiger partial charge in [-0.2, -0.15) is 0 Å². The topological polar surface area (TPSA) is 74.9 Å². The Hall–Kier alpha value is -2.99. The third-order valence-corrected chi connectivity index (χ3v) is 4.94. The van der Waals surface area contributed by atoms with Gasteiger partial charge in [-0.05, 0) is 18.6 Å². The molecular formula is C22H26N3O3+. The molecule has 1 aliphatic rings. The van der Waals surface area contributed by atoms with E-state index in [-0.39, 0.29) is 11.3 Å². The summed E-state index contributed by atoms with van der Waals surface area (Å²) >= 11 is 0. The number of carbonyl (C=O) groups excluding carboxylic acids is 2.